The van der Waals surface area contributed by atoms with Crippen molar-refractivity contribution >= 4 is 6.09 Å². The highest BCUT2D eigenvalue weighted by molar-refractivity contribution is 5.68. The predicted octanol–water partition coefficient (Wildman–Crippen LogP) is 2.49. The van der Waals surface area contributed by atoms with Crippen LogP contribution in [0.25, 0.3) is 0 Å². The minimum absolute atomic E-state index is 0.144. The van der Waals surface area contributed by atoms with Gasteiger partial charge in [0.15, 0.2) is 0 Å². The normalized spacial score (nSPS) is 25.5. The van der Waals surface area contributed by atoms with Gasteiger partial charge in [-0.25, -0.2) is 4.79 Å². The van der Waals surface area contributed by atoms with Crippen molar-refractivity contribution in [3.8, 4) is 0 Å². The zero-order chi connectivity index (χ0) is 14.0. The van der Waals surface area contributed by atoms with Crippen LogP contribution in [0.2, 0.25) is 0 Å². The fraction of sp³-hybridized carbons (Fsp3) is 0.933. The molecular weight excluding hydrogens is 240 g/mol. The molecule has 1 saturated heterocycles. The van der Waals surface area contributed by atoms with E-state index < -0.39 is 5.60 Å². The molecule has 2 fully saturated rings. The minimum Gasteiger partial charge on any atom is -0.444 e. The van der Waals surface area contributed by atoms with Crippen molar-refractivity contribution in [3.63, 3.8) is 0 Å². The van der Waals surface area contributed by atoms with Crippen molar-refractivity contribution in [2.75, 3.05) is 26.7 Å². The Morgan fingerprint density at radius 3 is 2.53 bits per heavy atom. The molecule has 1 saturated carbocycles. The summed E-state index contributed by atoms with van der Waals surface area (Å²) in [6.45, 7) is 8.58. The van der Waals surface area contributed by atoms with Crippen molar-refractivity contribution in [3.05, 3.63) is 0 Å². The molecule has 0 radical (unpaired) electrons. The Balaban J connectivity index is 1.86. The van der Waals surface area contributed by atoms with Gasteiger partial charge in [0.2, 0.25) is 0 Å². The van der Waals surface area contributed by atoms with Crippen LogP contribution < -0.4 is 5.32 Å². The second kappa shape index (κ2) is 5.70. The Kier molecular flexibility index (Phi) is 4.39. The first-order valence-corrected chi connectivity index (χ1v) is 7.53. The van der Waals surface area contributed by atoms with Gasteiger partial charge >= 0.3 is 6.09 Å². The zero-order valence-corrected chi connectivity index (χ0v) is 12.7. The monoisotopic (exact) mass is 268 g/mol. The van der Waals surface area contributed by atoms with Gasteiger partial charge in [0.25, 0.3) is 0 Å². The van der Waals surface area contributed by atoms with E-state index in [-0.39, 0.29) is 6.09 Å². The first-order chi connectivity index (χ1) is 8.90. The minimum atomic E-state index is -0.393. The zero-order valence-electron chi connectivity index (χ0n) is 12.7. The standard InChI is InChI=1S/C15H28N2O2/c1-15(2,3)19-14(18)17-8-7-12(10-17)13(9-16-4)11-5-6-11/h11-13,16H,5-10H2,1-4H3. The Labute approximate surface area is 116 Å². The topological polar surface area (TPSA) is 41.6 Å². The maximum atomic E-state index is 12.1. The van der Waals surface area contributed by atoms with Gasteiger partial charge < -0.3 is 15.0 Å². The summed E-state index contributed by atoms with van der Waals surface area (Å²) < 4.78 is 5.46. The van der Waals surface area contributed by atoms with E-state index in [1.165, 1.54) is 12.8 Å². The molecule has 1 amide bonds. The molecule has 2 aliphatic rings. The number of hydrogen-bond donors (Lipinski definition) is 1. The molecule has 2 unspecified atom stereocenters. The van der Waals surface area contributed by atoms with Gasteiger partial charge in [-0.1, -0.05) is 0 Å². The number of carbonyl (C=O) groups is 1. The molecule has 0 spiro atoms. The summed E-state index contributed by atoms with van der Waals surface area (Å²) in [5.41, 5.74) is -0.393. The fourth-order valence-corrected chi connectivity index (χ4v) is 3.11. The lowest BCUT2D eigenvalue weighted by molar-refractivity contribution is 0.0282. The lowest BCUT2D eigenvalue weighted by atomic mass is 9.87. The molecule has 1 aliphatic heterocycles. The molecule has 0 bridgehead atoms. The first-order valence-electron chi connectivity index (χ1n) is 7.53. The van der Waals surface area contributed by atoms with Crippen molar-refractivity contribution in [2.24, 2.45) is 17.8 Å². The van der Waals surface area contributed by atoms with E-state index in [2.05, 4.69) is 5.32 Å². The summed E-state index contributed by atoms with van der Waals surface area (Å²) in [5, 5.41) is 3.31. The highest BCUT2D eigenvalue weighted by Gasteiger charge is 2.40. The Morgan fingerprint density at radius 2 is 2.00 bits per heavy atom. The fourth-order valence-electron chi connectivity index (χ4n) is 3.11. The molecule has 0 aromatic rings. The molecular formula is C15H28N2O2. The number of ether oxygens (including phenoxy) is 1. The van der Waals surface area contributed by atoms with Crippen molar-refractivity contribution < 1.29 is 9.53 Å². The molecule has 4 heteroatoms. The largest absolute Gasteiger partial charge is 0.444 e. The number of amides is 1. The summed E-state index contributed by atoms with van der Waals surface area (Å²) in [6.07, 6.45) is 3.72. The lowest BCUT2D eigenvalue weighted by Crippen LogP contribution is -2.36. The van der Waals surface area contributed by atoms with Crippen LogP contribution in [0, 0.1) is 17.8 Å². The number of hydrogen-bond acceptors (Lipinski definition) is 3. The average Bonchev–Trinajstić information content (AvgIpc) is 3.00. The molecule has 4 nitrogen and oxygen atoms in total. The second-order valence-electron chi connectivity index (χ2n) is 7.03. The molecule has 1 heterocycles. The summed E-state index contributed by atoms with van der Waals surface area (Å²) in [5.74, 6) is 2.26. The van der Waals surface area contributed by atoms with Crippen LogP contribution in [0.3, 0.4) is 0 Å². The van der Waals surface area contributed by atoms with E-state index >= 15 is 0 Å². The maximum Gasteiger partial charge on any atom is 0.410 e. The van der Waals surface area contributed by atoms with E-state index in [4.69, 9.17) is 4.74 Å². The summed E-state index contributed by atoms with van der Waals surface area (Å²) >= 11 is 0. The molecule has 0 aromatic carbocycles. The van der Waals surface area contributed by atoms with Crippen molar-refractivity contribution in [2.45, 2.75) is 45.6 Å². The third-order valence-corrected chi connectivity index (χ3v) is 4.15. The molecule has 2 rings (SSSR count). The second-order valence-corrected chi connectivity index (χ2v) is 7.03. The van der Waals surface area contributed by atoms with Crippen molar-refractivity contribution in [1.82, 2.24) is 10.2 Å². The van der Waals surface area contributed by atoms with Crippen LogP contribution in [-0.4, -0.2) is 43.3 Å². The van der Waals surface area contributed by atoms with Gasteiger partial charge in [-0.05, 0) is 71.4 Å². The SMILES string of the molecule is CNCC(C1CC1)C1CCN(C(=O)OC(C)(C)C)C1. The summed E-state index contributed by atoms with van der Waals surface area (Å²) in [4.78, 5) is 14.0. The number of likely N-dealkylation sites (tertiary alicyclic amines) is 1. The van der Waals surface area contributed by atoms with Gasteiger partial charge in [-0.2, -0.15) is 0 Å². The summed E-state index contributed by atoms with van der Waals surface area (Å²) in [7, 11) is 2.02. The first kappa shape index (κ1) is 14.6. The number of rotatable bonds is 4. The van der Waals surface area contributed by atoms with Crippen molar-refractivity contribution in [1.29, 1.82) is 0 Å². The van der Waals surface area contributed by atoms with E-state index in [9.17, 15) is 4.79 Å². The van der Waals surface area contributed by atoms with Gasteiger partial charge in [0, 0.05) is 13.1 Å². The van der Waals surface area contributed by atoms with Gasteiger partial charge in [0.1, 0.15) is 5.60 Å². The quantitative estimate of drug-likeness (QED) is 0.851. The predicted molar refractivity (Wildman–Crippen MR) is 76.1 cm³/mol. The van der Waals surface area contributed by atoms with Gasteiger partial charge in [-0.3, -0.25) is 0 Å². The van der Waals surface area contributed by atoms with Crippen LogP contribution in [0.15, 0.2) is 0 Å². The molecule has 0 aromatic heterocycles. The van der Waals surface area contributed by atoms with Crippen LogP contribution in [0.1, 0.15) is 40.0 Å². The molecule has 2 atom stereocenters. The third-order valence-electron chi connectivity index (χ3n) is 4.15. The van der Waals surface area contributed by atoms with Gasteiger partial charge in [0.05, 0.1) is 0 Å². The highest BCUT2D eigenvalue weighted by Crippen LogP contribution is 2.42. The molecule has 110 valence electrons. The Morgan fingerprint density at radius 1 is 1.32 bits per heavy atom. The molecule has 1 aliphatic carbocycles. The van der Waals surface area contributed by atoms with E-state index in [1.54, 1.807) is 0 Å². The lowest BCUT2D eigenvalue weighted by Gasteiger charge is -2.26. The summed E-state index contributed by atoms with van der Waals surface area (Å²) in [6, 6.07) is 0. The van der Waals surface area contributed by atoms with Gasteiger partial charge in [-0.15, -0.1) is 0 Å². The number of carbonyl (C=O) groups excluding carboxylic acids is 1. The molecule has 19 heavy (non-hydrogen) atoms. The third kappa shape index (κ3) is 4.10. The van der Waals surface area contributed by atoms with E-state index in [0.29, 0.717) is 5.92 Å². The molecule has 1 N–H and O–H groups in total. The maximum absolute atomic E-state index is 12.1. The van der Waals surface area contributed by atoms with Crippen LogP contribution in [-0.2, 0) is 4.74 Å². The highest BCUT2D eigenvalue weighted by atomic mass is 16.6. The number of nitrogens with one attached hydrogen (secondary N) is 1. The van der Waals surface area contributed by atoms with Crippen LogP contribution in [0.4, 0.5) is 4.79 Å². The Hall–Kier alpha value is -0.770. The smallest absolute Gasteiger partial charge is 0.410 e. The van der Waals surface area contributed by atoms with E-state index in [0.717, 1.165) is 37.9 Å². The van der Waals surface area contributed by atoms with Crippen LogP contribution >= 0.6 is 0 Å². The van der Waals surface area contributed by atoms with Crippen LogP contribution in [0.5, 0.6) is 0 Å². The average molecular weight is 268 g/mol. The van der Waals surface area contributed by atoms with E-state index in [1.807, 2.05) is 32.7 Å². The number of nitrogens with zero attached hydrogens (tertiary/aromatic N) is 1. The Bertz CT molecular complexity index is 321.